The van der Waals surface area contributed by atoms with Crippen molar-refractivity contribution in [2.45, 2.75) is 6.42 Å². The van der Waals surface area contributed by atoms with Crippen molar-refractivity contribution in [2.75, 3.05) is 18.1 Å². The number of nitrogens with one attached hydrogen (secondary N) is 2. The van der Waals surface area contributed by atoms with Gasteiger partial charge >= 0.3 is 0 Å². The van der Waals surface area contributed by atoms with Gasteiger partial charge in [0.25, 0.3) is 11.3 Å². The van der Waals surface area contributed by atoms with Crippen molar-refractivity contribution in [3.05, 3.63) is 60.3 Å². The number of anilines is 1. The summed E-state index contributed by atoms with van der Waals surface area (Å²) < 4.78 is 27.5. The van der Waals surface area contributed by atoms with E-state index in [0.29, 0.717) is 18.7 Å². The molecule has 3 N–H and O–H groups in total. The molecule has 2 aromatic carbocycles. The first-order valence-electron chi connectivity index (χ1n) is 7.52. The Bertz CT molecular complexity index is 835. The molecular formula is C17H19N3O3S. The molecule has 0 fully saturated rings. The first-order chi connectivity index (χ1) is 11.7. The highest BCUT2D eigenvalue weighted by Gasteiger charge is 2.12. The van der Waals surface area contributed by atoms with Crippen molar-refractivity contribution in [1.29, 1.82) is 0 Å². The number of aromatic amines is 1. The monoisotopic (exact) mass is 345 g/mol. The zero-order valence-corrected chi connectivity index (χ0v) is 14.0. The Morgan fingerprint density at radius 3 is 2.75 bits per heavy atom. The van der Waals surface area contributed by atoms with Crippen LogP contribution in [0, 0.1) is 0 Å². The SMILES string of the molecule is COc1ccc2[nH]cc(CCNN(c3ccccc3)S(=O)O)c2c1. The van der Waals surface area contributed by atoms with Gasteiger partial charge in [-0.2, -0.15) is 0 Å². The van der Waals surface area contributed by atoms with Gasteiger partial charge in [0.15, 0.2) is 0 Å². The lowest BCUT2D eigenvalue weighted by molar-refractivity contribution is 0.415. The van der Waals surface area contributed by atoms with Crippen LogP contribution in [0.25, 0.3) is 10.9 Å². The smallest absolute Gasteiger partial charge is 0.276 e. The van der Waals surface area contributed by atoms with Gasteiger partial charge < -0.3 is 9.72 Å². The van der Waals surface area contributed by atoms with Gasteiger partial charge in [0.1, 0.15) is 5.75 Å². The third kappa shape index (κ3) is 3.59. The first-order valence-corrected chi connectivity index (χ1v) is 8.59. The summed E-state index contributed by atoms with van der Waals surface area (Å²) in [4.78, 5) is 3.23. The second kappa shape index (κ2) is 7.48. The molecule has 1 unspecified atom stereocenters. The number of nitrogens with zero attached hydrogens (tertiary/aromatic N) is 1. The number of methoxy groups -OCH3 is 1. The molecule has 6 nitrogen and oxygen atoms in total. The Kier molecular flexibility index (Phi) is 5.14. The number of hydrogen-bond donors (Lipinski definition) is 3. The third-order valence-corrected chi connectivity index (χ3v) is 4.42. The van der Waals surface area contributed by atoms with E-state index in [0.717, 1.165) is 22.2 Å². The average Bonchev–Trinajstić information content (AvgIpc) is 3.01. The minimum Gasteiger partial charge on any atom is -0.497 e. The summed E-state index contributed by atoms with van der Waals surface area (Å²) >= 11 is -2.14. The minimum absolute atomic E-state index is 0.519. The van der Waals surface area contributed by atoms with Crippen molar-refractivity contribution in [1.82, 2.24) is 10.4 Å². The van der Waals surface area contributed by atoms with Crippen LogP contribution >= 0.6 is 0 Å². The van der Waals surface area contributed by atoms with Crippen LogP contribution in [-0.4, -0.2) is 27.4 Å². The predicted octanol–water partition coefficient (Wildman–Crippen LogP) is 2.87. The summed E-state index contributed by atoms with van der Waals surface area (Å²) in [5.41, 5.74) is 5.80. The van der Waals surface area contributed by atoms with Gasteiger partial charge in [-0.15, -0.1) is 0 Å². The summed E-state index contributed by atoms with van der Waals surface area (Å²) in [5.74, 6) is 0.804. The van der Waals surface area contributed by atoms with Crippen LogP contribution in [0.3, 0.4) is 0 Å². The highest BCUT2D eigenvalue weighted by atomic mass is 32.2. The predicted molar refractivity (Wildman–Crippen MR) is 96.2 cm³/mol. The number of para-hydroxylation sites is 1. The first kappa shape index (κ1) is 16.5. The summed E-state index contributed by atoms with van der Waals surface area (Å²) in [6.45, 7) is 0.519. The molecule has 0 radical (unpaired) electrons. The average molecular weight is 345 g/mol. The molecule has 0 aliphatic carbocycles. The normalized spacial score (nSPS) is 12.2. The van der Waals surface area contributed by atoms with Gasteiger partial charge in [0.05, 0.1) is 12.8 Å². The van der Waals surface area contributed by atoms with Crippen LogP contribution in [0.4, 0.5) is 5.69 Å². The van der Waals surface area contributed by atoms with E-state index in [4.69, 9.17) is 4.74 Å². The summed E-state index contributed by atoms with van der Waals surface area (Å²) in [5, 5.41) is 1.09. The maximum Gasteiger partial charge on any atom is 0.276 e. The number of H-pyrrole nitrogens is 1. The fraction of sp³-hybridized carbons (Fsp3) is 0.176. The molecule has 1 atom stereocenters. The lowest BCUT2D eigenvalue weighted by atomic mass is 10.1. The Balaban J connectivity index is 1.70. The Labute approximate surface area is 142 Å². The minimum atomic E-state index is -2.14. The van der Waals surface area contributed by atoms with E-state index in [1.807, 2.05) is 42.6 Å². The molecular weight excluding hydrogens is 326 g/mol. The van der Waals surface area contributed by atoms with Crippen LogP contribution in [0.5, 0.6) is 5.75 Å². The van der Waals surface area contributed by atoms with Crippen molar-refractivity contribution >= 4 is 27.9 Å². The number of aromatic nitrogens is 1. The number of ether oxygens (including phenoxy) is 1. The molecule has 0 spiro atoms. The van der Waals surface area contributed by atoms with Crippen LogP contribution in [0.2, 0.25) is 0 Å². The second-order valence-corrected chi connectivity index (χ2v) is 6.07. The van der Waals surface area contributed by atoms with E-state index in [2.05, 4.69) is 10.4 Å². The molecule has 3 rings (SSSR count). The quantitative estimate of drug-likeness (QED) is 0.454. The number of fused-ring (bicyclic) bond motifs is 1. The molecule has 0 saturated heterocycles. The zero-order chi connectivity index (χ0) is 16.9. The molecule has 24 heavy (non-hydrogen) atoms. The van der Waals surface area contributed by atoms with Gasteiger partial charge in [-0.05, 0) is 42.3 Å². The molecule has 1 heterocycles. The second-order valence-electron chi connectivity index (χ2n) is 5.24. The largest absolute Gasteiger partial charge is 0.497 e. The third-order valence-electron chi connectivity index (χ3n) is 3.77. The van der Waals surface area contributed by atoms with E-state index in [1.54, 1.807) is 19.2 Å². The topological polar surface area (TPSA) is 77.6 Å². The van der Waals surface area contributed by atoms with Crippen LogP contribution in [0.15, 0.2) is 54.7 Å². The van der Waals surface area contributed by atoms with E-state index < -0.39 is 11.3 Å². The molecule has 1 aromatic heterocycles. The number of hydrogen-bond acceptors (Lipinski definition) is 3. The molecule has 0 aliphatic rings. The number of rotatable bonds is 7. The number of benzene rings is 2. The lowest BCUT2D eigenvalue weighted by Gasteiger charge is -2.20. The van der Waals surface area contributed by atoms with Crippen LogP contribution in [0.1, 0.15) is 5.56 Å². The summed E-state index contributed by atoms with van der Waals surface area (Å²) in [7, 11) is 1.64. The number of hydrazine groups is 1. The highest BCUT2D eigenvalue weighted by molar-refractivity contribution is 7.80. The standard InChI is InChI=1S/C17H19N3O3S/c1-23-15-7-8-17-16(11-15)13(12-18-17)9-10-19-20(24(21)22)14-5-3-2-4-6-14/h2-8,11-12,18-19H,9-10H2,1H3,(H,21,22). The van der Waals surface area contributed by atoms with Crippen molar-refractivity contribution < 1.29 is 13.5 Å². The van der Waals surface area contributed by atoms with Gasteiger partial charge in [-0.1, -0.05) is 18.2 Å². The maximum absolute atomic E-state index is 11.5. The van der Waals surface area contributed by atoms with Crippen molar-refractivity contribution in [3.8, 4) is 5.75 Å². The summed E-state index contributed by atoms with van der Waals surface area (Å²) in [6.07, 6.45) is 2.66. The van der Waals surface area contributed by atoms with Crippen molar-refractivity contribution in [2.24, 2.45) is 0 Å². The molecule has 0 amide bonds. The van der Waals surface area contributed by atoms with Crippen LogP contribution < -0.4 is 14.6 Å². The summed E-state index contributed by atoms with van der Waals surface area (Å²) in [6, 6.07) is 14.9. The fourth-order valence-corrected chi connectivity index (χ4v) is 3.09. The molecule has 0 bridgehead atoms. The zero-order valence-electron chi connectivity index (χ0n) is 13.2. The van der Waals surface area contributed by atoms with E-state index in [9.17, 15) is 8.76 Å². The van der Waals surface area contributed by atoms with Gasteiger partial charge in [-0.3, -0.25) is 4.55 Å². The van der Waals surface area contributed by atoms with Gasteiger partial charge in [0, 0.05) is 23.6 Å². The molecule has 7 heteroatoms. The van der Waals surface area contributed by atoms with Crippen LogP contribution in [-0.2, 0) is 17.7 Å². The van der Waals surface area contributed by atoms with Crippen molar-refractivity contribution in [3.63, 3.8) is 0 Å². The Hall–Kier alpha value is -2.35. The Morgan fingerprint density at radius 1 is 1.25 bits per heavy atom. The van der Waals surface area contributed by atoms with Gasteiger partial charge in [0.2, 0.25) is 0 Å². The molecule has 0 saturated carbocycles. The Morgan fingerprint density at radius 2 is 2.04 bits per heavy atom. The van der Waals surface area contributed by atoms with E-state index in [-0.39, 0.29) is 0 Å². The van der Waals surface area contributed by atoms with E-state index >= 15 is 0 Å². The fourth-order valence-electron chi connectivity index (χ4n) is 2.58. The molecule has 126 valence electrons. The highest BCUT2D eigenvalue weighted by Crippen LogP contribution is 2.23. The van der Waals surface area contributed by atoms with Gasteiger partial charge in [-0.25, -0.2) is 14.0 Å². The molecule has 3 aromatic rings. The maximum atomic E-state index is 11.5. The van der Waals surface area contributed by atoms with E-state index in [1.165, 1.54) is 4.41 Å². The lowest BCUT2D eigenvalue weighted by Crippen LogP contribution is -2.40. The molecule has 0 aliphatic heterocycles.